The molecule has 4 aromatic rings. The van der Waals surface area contributed by atoms with E-state index in [2.05, 4.69) is 16.0 Å². The number of benzene rings is 1. The normalized spacial score (nSPS) is 11.5. The molecule has 98 valence electrons. The molecule has 0 amide bonds. The molecule has 0 aliphatic rings. The van der Waals surface area contributed by atoms with Crippen LogP contribution in [-0.2, 0) is 0 Å². The highest BCUT2D eigenvalue weighted by Gasteiger charge is 2.13. The average molecular weight is 321 g/mol. The summed E-state index contributed by atoms with van der Waals surface area (Å²) >= 11 is 9.39. The van der Waals surface area contributed by atoms with Gasteiger partial charge in [-0.1, -0.05) is 17.7 Å². The molecule has 6 heteroatoms. The summed E-state index contributed by atoms with van der Waals surface area (Å²) in [6.45, 7) is 0. The van der Waals surface area contributed by atoms with E-state index in [1.165, 1.54) is 15.5 Å². The molecule has 4 rings (SSSR count). The number of nitrogens with zero attached hydrogens (tertiary/aromatic N) is 2. The van der Waals surface area contributed by atoms with E-state index >= 15 is 0 Å². The summed E-state index contributed by atoms with van der Waals surface area (Å²) < 4.78 is 16.2. The first-order chi connectivity index (χ1) is 9.72. The van der Waals surface area contributed by atoms with Gasteiger partial charge in [0.05, 0.1) is 4.88 Å². The molecule has 0 aliphatic heterocycles. The first-order valence-corrected chi connectivity index (χ1v) is 7.89. The summed E-state index contributed by atoms with van der Waals surface area (Å²) in [7, 11) is 0. The van der Waals surface area contributed by atoms with Crippen LogP contribution in [-0.4, -0.2) is 9.97 Å². The lowest BCUT2D eigenvalue weighted by Gasteiger charge is -2.03. The molecule has 0 saturated heterocycles. The van der Waals surface area contributed by atoms with Crippen molar-refractivity contribution in [2.24, 2.45) is 0 Å². The maximum Gasteiger partial charge on any atom is 0.171 e. The number of rotatable bonds is 1. The third-order valence-corrected chi connectivity index (χ3v) is 5.37. The van der Waals surface area contributed by atoms with E-state index in [0.717, 1.165) is 4.88 Å². The Hall–Kier alpha value is -1.56. The quantitative estimate of drug-likeness (QED) is 0.441. The molecule has 0 N–H and O–H groups in total. The summed E-state index contributed by atoms with van der Waals surface area (Å²) in [6, 6.07) is 8.77. The summed E-state index contributed by atoms with van der Waals surface area (Å²) in [4.78, 5) is 9.52. The van der Waals surface area contributed by atoms with E-state index in [9.17, 15) is 4.39 Å². The largest absolute Gasteiger partial charge is 0.224 e. The van der Waals surface area contributed by atoms with Crippen molar-refractivity contribution in [3.05, 3.63) is 46.7 Å². The van der Waals surface area contributed by atoms with Gasteiger partial charge in [-0.05, 0) is 29.6 Å². The van der Waals surface area contributed by atoms with Crippen LogP contribution in [0.4, 0.5) is 4.39 Å². The fourth-order valence-corrected chi connectivity index (χ4v) is 4.34. The van der Waals surface area contributed by atoms with Gasteiger partial charge in [0.15, 0.2) is 5.82 Å². The van der Waals surface area contributed by atoms with Gasteiger partial charge in [0.25, 0.3) is 0 Å². The van der Waals surface area contributed by atoms with Crippen LogP contribution in [0.1, 0.15) is 0 Å². The van der Waals surface area contributed by atoms with Crippen molar-refractivity contribution in [2.75, 3.05) is 0 Å². The van der Waals surface area contributed by atoms with Gasteiger partial charge in [0.1, 0.15) is 16.5 Å². The Morgan fingerprint density at radius 2 is 2.00 bits per heavy atom. The van der Waals surface area contributed by atoms with Gasteiger partial charge < -0.3 is 0 Å². The van der Waals surface area contributed by atoms with Crippen LogP contribution in [0.2, 0.25) is 5.15 Å². The van der Waals surface area contributed by atoms with Crippen LogP contribution < -0.4 is 0 Å². The number of para-hydroxylation sites is 1. The number of halogens is 2. The molecule has 3 heterocycles. The van der Waals surface area contributed by atoms with Gasteiger partial charge >= 0.3 is 0 Å². The van der Waals surface area contributed by atoms with Crippen LogP contribution in [0.15, 0.2) is 35.7 Å². The molecule has 0 unspecified atom stereocenters. The summed E-state index contributed by atoms with van der Waals surface area (Å²) in [5.41, 5.74) is 0.263. The minimum absolute atomic E-state index is 0.263. The predicted molar refractivity (Wildman–Crippen MR) is 83.2 cm³/mol. The van der Waals surface area contributed by atoms with Gasteiger partial charge in [-0.2, -0.15) is 0 Å². The van der Waals surface area contributed by atoms with Crippen LogP contribution >= 0.6 is 34.3 Å². The second kappa shape index (κ2) is 4.48. The number of hydrogen-bond acceptors (Lipinski definition) is 4. The van der Waals surface area contributed by atoms with E-state index < -0.39 is 0 Å². The molecule has 3 aromatic heterocycles. The Labute approximate surface area is 126 Å². The van der Waals surface area contributed by atoms with Crippen molar-refractivity contribution in [1.29, 1.82) is 0 Å². The summed E-state index contributed by atoms with van der Waals surface area (Å²) in [5.74, 6) is 0.0902. The van der Waals surface area contributed by atoms with Crippen molar-refractivity contribution in [1.82, 2.24) is 9.97 Å². The SMILES string of the molecule is Fc1cccc2c(Cl)nc(-c3cc4sccc4s3)nc12. The van der Waals surface area contributed by atoms with E-state index in [4.69, 9.17) is 11.6 Å². The lowest BCUT2D eigenvalue weighted by molar-refractivity contribution is 0.636. The molecule has 0 fully saturated rings. The van der Waals surface area contributed by atoms with Crippen molar-refractivity contribution in [3.8, 4) is 10.7 Å². The lowest BCUT2D eigenvalue weighted by atomic mass is 10.2. The van der Waals surface area contributed by atoms with Crippen LogP contribution in [0.3, 0.4) is 0 Å². The molecular weight excluding hydrogens is 315 g/mol. The number of thiophene rings is 2. The minimum atomic E-state index is -0.383. The standard InChI is InChI=1S/C14H6ClFN2S2/c15-13-7-2-1-3-8(16)12(7)17-14(18-13)11-6-10-9(20-11)4-5-19-10/h1-6H. The Morgan fingerprint density at radius 3 is 2.85 bits per heavy atom. The smallest absolute Gasteiger partial charge is 0.171 e. The molecule has 1 aromatic carbocycles. The van der Waals surface area contributed by atoms with E-state index in [0.29, 0.717) is 11.2 Å². The molecule has 0 atom stereocenters. The second-order valence-electron chi connectivity index (χ2n) is 4.23. The minimum Gasteiger partial charge on any atom is -0.224 e. The second-order valence-corrected chi connectivity index (χ2v) is 6.62. The van der Waals surface area contributed by atoms with Crippen molar-refractivity contribution in [2.45, 2.75) is 0 Å². The monoisotopic (exact) mass is 320 g/mol. The molecule has 0 aliphatic carbocycles. The topological polar surface area (TPSA) is 25.8 Å². The highest BCUT2D eigenvalue weighted by Crippen LogP contribution is 2.36. The zero-order chi connectivity index (χ0) is 13.7. The molecule has 20 heavy (non-hydrogen) atoms. The lowest BCUT2D eigenvalue weighted by Crippen LogP contribution is -1.92. The van der Waals surface area contributed by atoms with Crippen LogP contribution in [0.25, 0.3) is 31.0 Å². The first-order valence-electron chi connectivity index (χ1n) is 5.81. The average Bonchev–Trinajstić information content (AvgIpc) is 3.00. The summed E-state index contributed by atoms with van der Waals surface area (Å²) in [5, 5.41) is 2.86. The van der Waals surface area contributed by atoms with E-state index in [1.807, 2.05) is 11.4 Å². The first kappa shape index (κ1) is 12.2. The zero-order valence-corrected chi connectivity index (χ0v) is 12.3. The summed E-state index contributed by atoms with van der Waals surface area (Å²) in [6.07, 6.45) is 0. The van der Waals surface area contributed by atoms with Crippen LogP contribution in [0, 0.1) is 5.82 Å². The maximum absolute atomic E-state index is 13.9. The Morgan fingerprint density at radius 1 is 1.10 bits per heavy atom. The Kier molecular flexibility index (Phi) is 2.73. The Balaban J connectivity index is 2.00. The Bertz CT molecular complexity index is 916. The molecule has 0 spiro atoms. The van der Waals surface area contributed by atoms with Crippen molar-refractivity contribution in [3.63, 3.8) is 0 Å². The molecule has 0 saturated carbocycles. The number of aromatic nitrogens is 2. The van der Waals surface area contributed by atoms with Crippen LogP contribution in [0.5, 0.6) is 0 Å². The number of fused-ring (bicyclic) bond motifs is 2. The predicted octanol–water partition coefficient (Wildman–Crippen LogP) is 5.37. The third-order valence-electron chi connectivity index (χ3n) is 2.99. The molecule has 2 nitrogen and oxygen atoms in total. The number of hydrogen-bond donors (Lipinski definition) is 0. The fraction of sp³-hybridized carbons (Fsp3) is 0. The van der Waals surface area contributed by atoms with Gasteiger partial charge in [0, 0.05) is 14.8 Å². The van der Waals surface area contributed by atoms with Gasteiger partial charge in [-0.15, -0.1) is 22.7 Å². The van der Waals surface area contributed by atoms with E-state index in [-0.39, 0.29) is 16.5 Å². The third kappa shape index (κ3) is 1.82. The molecule has 0 bridgehead atoms. The highest BCUT2D eigenvalue weighted by molar-refractivity contribution is 7.28. The van der Waals surface area contributed by atoms with Crippen molar-refractivity contribution >= 4 is 54.6 Å². The maximum atomic E-state index is 13.9. The van der Waals surface area contributed by atoms with Gasteiger partial charge in [0.2, 0.25) is 0 Å². The fourth-order valence-electron chi connectivity index (χ4n) is 2.07. The molecular formula is C14H6ClFN2S2. The zero-order valence-electron chi connectivity index (χ0n) is 9.93. The highest BCUT2D eigenvalue weighted by atomic mass is 35.5. The van der Waals surface area contributed by atoms with Gasteiger partial charge in [-0.25, -0.2) is 14.4 Å². The van der Waals surface area contributed by atoms with Gasteiger partial charge in [-0.3, -0.25) is 0 Å². The van der Waals surface area contributed by atoms with E-state index in [1.54, 1.807) is 34.8 Å². The van der Waals surface area contributed by atoms with Crippen molar-refractivity contribution < 1.29 is 4.39 Å². The molecule has 0 radical (unpaired) electrons.